The molecule has 0 saturated heterocycles. The molecule has 0 aliphatic rings. The summed E-state index contributed by atoms with van der Waals surface area (Å²) in [7, 11) is 0. The fraction of sp³-hybridized carbons (Fsp3) is 0. The number of rotatable bonds is 4. The second-order valence-corrected chi connectivity index (χ2v) is 5.66. The average Bonchev–Trinajstić information content (AvgIpc) is 3.15. The third-order valence-electron chi connectivity index (χ3n) is 2.89. The number of aromatic nitrogens is 3. The van der Waals surface area contributed by atoms with E-state index in [1.807, 2.05) is 12.1 Å². The minimum absolute atomic E-state index is 0.355. The molecule has 0 fully saturated rings. The van der Waals surface area contributed by atoms with E-state index in [0.29, 0.717) is 26.2 Å². The van der Waals surface area contributed by atoms with Crippen molar-refractivity contribution in [3.63, 3.8) is 0 Å². The third-order valence-corrected chi connectivity index (χ3v) is 3.71. The summed E-state index contributed by atoms with van der Waals surface area (Å²) in [5, 5.41) is 12.2. The Kier molecular flexibility index (Phi) is 4.76. The molecule has 1 aromatic carbocycles. The van der Waals surface area contributed by atoms with E-state index < -0.39 is 0 Å². The van der Waals surface area contributed by atoms with E-state index in [4.69, 9.17) is 39.8 Å². The van der Waals surface area contributed by atoms with E-state index in [2.05, 4.69) is 15.3 Å². The molecule has 0 bridgehead atoms. The van der Waals surface area contributed by atoms with Crippen LogP contribution in [0, 0.1) is 4.77 Å². The van der Waals surface area contributed by atoms with Gasteiger partial charge >= 0.3 is 0 Å². The zero-order valence-electron chi connectivity index (χ0n) is 11.6. The van der Waals surface area contributed by atoms with Gasteiger partial charge in [-0.3, -0.25) is 0 Å². The normalized spacial score (nSPS) is 11.7. The molecule has 0 unspecified atom stereocenters. The van der Waals surface area contributed by atoms with Gasteiger partial charge in [-0.25, -0.2) is 5.10 Å². The molecule has 116 valence electrons. The summed E-state index contributed by atoms with van der Waals surface area (Å²) in [5.41, 5.74) is 0.676. The highest BCUT2D eigenvalue weighted by Crippen LogP contribution is 2.29. The molecule has 2 heterocycles. The van der Waals surface area contributed by atoms with Gasteiger partial charge in [0.2, 0.25) is 4.77 Å². The number of allylic oxidation sites excluding steroid dienone is 1. The predicted octanol–water partition coefficient (Wildman–Crippen LogP) is 5.05. The van der Waals surface area contributed by atoms with Gasteiger partial charge in [-0.05, 0) is 54.7 Å². The number of furan rings is 1. The molecule has 2 aromatic heterocycles. The minimum Gasteiger partial charge on any atom is -0.465 e. The summed E-state index contributed by atoms with van der Waals surface area (Å²) in [6.45, 7) is 0. The van der Waals surface area contributed by atoms with E-state index in [1.54, 1.807) is 42.8 Å². The van der Waals surface area contributed by atoms with Crippen molar-refractivity contribution in [3.8, 4) is 11.4 Å². The molecular weight excluding hydrogens is 355 g/mol. The van der Waals surface area contributed by atoms with Crippen LogP contribution in [0.4, 0.5) is 0 Å². The molecule has 0 spiro atoms. The van der Waals surface area contributed by atoms with Gasteiger partial charge in [0.1, 0.15) is 5.76 Å². The average molecular weight is 365 g/mol. The molecule has 0 saturated carbocycles. The van der Waals surface area contributed by atoms with Crippen LogP contribution in [0.5, 0.6) is 0 Å². The Balaban J connectivity index is 1.91. The van der Waals surface area contributed by atoms with Crippen LogP contribution in [0.3, 0.4) is 0 Å². The van der Waals surface area contributed by atoms with Crippen LogP contribution < -0.4 is 0 Å². The molecule has 3 rings (SSSR count). The summed E-state index contributed by atoms with van der Waals surface area (Å²) < 4.78 is 7.03. The number of hydrogen-bond acceptors (Lipinski definition) is 4. The van der Waals surface area contributed by atoms with Crippen LogP contribution in [0.2, 0.25) is 10.0 Å². The van der Waals surface area contributed by atoms with E-state index in [0.717, 1.165) is 5.76 Å². The van der Waals surface area contributed by atoms with Gasteiger partial charge < -0.3 is 4.42 Å². The van der Waals surface area contributed by atoms with E-state index in [-0.39, 0.29) is 0 Å². The largest absolute Gasteiger partial charge is 0.465 e. The summed E-state index contributed by atoms with van der Waals surface area (Å²) >= 11 is 17.3. The number of H-pyrrole nitrogens is 1. The van der Waals surface area contributed by atoms with Crippen LogP contribution in [0.15, 0.2) is 52.2 Å². The van der Waals surface area contributed by atoms with E-state index in [1.165, 1.54) is 4.68 Å². The van der Waals surface area contributed by atoms with Gasteiger partial charge in [-0.15, -0.1) is 0 Å². The van der Waals surface area contributed by atoms with Crippen molar-refractivity contribution < 1.29 is 4.42 Å². The smallest absolute Gasteiger partial charge is 0.216 e. The Bertz CT molecular complexity index is 925. The lowest BCUT2D eigenvalue weighted by Gasteiger charge is -2.03. The maximum Gasteiger partial charge on any atom is 0.216 e. The van der Waals surface area contributed by atoms with Crippen molar-refractivity contribution in [1.29, 1.82) is 0 Å². The summed E-state index contributed by atoms with van der Waals surface area (Å²) in [6, 6.07) is 8.78. The molecule has 0 aliphatic heterocycles. The molecular formula is C15H10Cl2N4OS. The summed E-state index contributed by atoms with van der Waals surface area (Å²) in [4.78, 5) is 0. The maximum atomic E-state index is 6.21. The first kappa shape index (κ1) is 15.7. The van der Waals surface area contributed by atoms with E-state index in [9.17, 15) is 0 Å². The second-order valence-electron chi connectivity index (χ2n) is 4.43. The van der Waals surface area contributed by atoms with Crippen molar-refractivity contribution in [3.05, 3.63) is 63.2 Å². The van der Waals surface area contributed by atoms with Crippen LogP contribution in [-0.2, 0) is 0 Å². The van der Waals surface area contributed by atoms with Gasteiger partial charge in [0.15, 0.2) is 5.82 Å². The fourth-order valence-corrected chi connectivity index (χ4v) is 2.55. The van der Waals surface area contributed by atoms with Crippen LogP contribution in [0.25, 0.3) is 17.5 Å². The zero-order chi connectivity index (χ0) is 16.2. The molecule has 0 amide bonds. The quantitative estimate of drug-likeness (QED) is 0.520. The molecule has 0 atom stereocenters. The summed E-state index contributed by atoms with van der Waals surface area (Å²) in [6.07, 6.45) is 6.70. The number of hydrogen-bond donors (Lipinski definition) is 1. The lowest BCUT2D eigenvalue weighted by molar-refractivity contribution is 0.557. The van der Waals surface area contributed by atoms with Gasteiger partial charge in [0.05, 0.1) is 11.3 Å². The van der Waals surface area contributed by atoms with Gasteiger partial charge in [0.25, 0.3) is 0 Å². The first-order valence-corrected chi connectivity index (χ1v) is 7.69. The monoisotopic (exact) mass is 364 g/mol. The Hall–Kier alpha value is -2.15. The molecule has 8 heteroatoms. The topological polar surface area (TPSA) is 59.1 Å². The Morgan fingerprint density at radius 1 is 1.30 bits per heavy atom. The van der Waals surface area contributed by atoms with Gasteiger partial charge in [0, 0.05) is 16.8 Å². The van der Waals surface area contributed by atoms with E-state index >= 15 is 0 Å². The third kappa shape index (κ3) is 3.61. The lowest BCUT2D eigenvalue weighted by atomic mass is 10.2. The highest BCUT2D eigenvalue weighted by atomic mass is 35.5. The first-order chi connectivity index (χ1) is 11.1. The molecule has 5 nitrogen and oxygen atoms in total. The summed E-state index contributed by atoms with van der Waals surface area (Å²) in [5.74, 6) is 1.23. The molecule has 1 N–H and O–H groups in total. The van der Waals surface area contributed by atoms with Crippen LogP contribution in [0.1, 0.15) is 5.76 Å². The van der Waals surface area contributed by atoms with Crippen molar-refractivity contribution in [2.45, 2.75) is 0 Å². The highest BCUT2D eigenvalue weighted by molar-refractivity contribution is 7.71. The Morgan fingerprint density at radius 2 is 2.17 bits per heavy atom. The van der Waals surface area contributed by atoms with Crippen molar-refractivity contribution in [2.24, 2.45) is 5.10 Å². The zero-order valence-corrected chi connectivity index (χ0v) is 13.9. The number of nitrogens with one attached hydrogen (secondary N) is 1. The molecule has 23 heavy (non-hydrogen) atoms. The predicted molar refractivity (Wildman–Crippen MR) is 94.5 cm³/mol. The molecule has 3 aromatic rings. The highest BCUT2D eigenvalue weighted by Gasteiger charge is 2.12. The van der Waals surface area contributed by atoms with Crippen LogP contribution in [-0.4, -0.2) is 21.1 Å². The number of aromatic amines is 1. The fourth-order valence-electron chi connectivity index (χ4n) is 1.87. The Labute approximate surface area is 146 Å². The SMILES string of the molecule is S=c1[nH]nc(-c2ccc(Cl)cc2Cl)n1N=C/C=C/c1ccco1. The van der Waals surface area contributed by atoms with Crippen LogP contribution >= 0.6 is 35.4 Å². The first-order valence-electron chi connectivity index (χ1n) is 6.52. The second kappa shape index (κ2) is 6.95. The molecule has 0 radical (unpaired) electrons. The van der Waals surface area contributed by atoms with Crippen molar-refractivity contribution >= 4 is 47.7 Å². The lowest BCUT2D eigenvalue weighted by Crippen LogP contribution is -1.94. The minimum atomic E-state index is 0.355. The van der Waals surface area contributed by atoms with Crippen molar-refractivity contribution in [1.82, 2.24) is 14.9 Å². The maximum absolute atomic E-state index is 6.21. The number of halogens is 2. The number of nitrogens with zero attached hydrogens (tertiary/aromatic N) is 3. The van der Waals surface area contributed by atoms with Crippen molar-refractivity contribution in [2.75, 3.05) is 0 Å². The Morgan fingerprint density at radius 3 is 2.91 bits per heavy atom. The van der Waals surface area contributed by atoms with Gasteiger partial charge in [-0.1, -0.05) is 23.2 Å². The van der Waals surface area contributed by atoms with Gasteiger partial charge in [-0.2, -0.15) is 14.9 Å². The standard InChI is InChI=1S/C15H10Cl2N4OS/c16-10-5-6-12(13(17)9-10)14-19-20-15(23)21(14)18-7-1-3-11-4-2-8-22-11/h1-9H,(H,20,23)/b3-1+,18-7?. The number of benzene rings is 1. The molecule has 0 aliphatic carbocycles.